The number of hydrogen-bond acceptors (Lipinski definition) is 5. The molecule has 1 amide bonds. The fraction of sp³-hybridized carbons (Fsp3) is 0.968. The van der Waals surface area contributed by atoms with Gasteiger partial charge in [-0.1, -0.05) is 328 Å². The standard InChI is InChI=1S/C63H125NO5/c1-3-5-7-9-11-13-15-17-18-19-22-25-28-32-35-39-43-47-51-55-61(66)60(59-65)64-62(67)56-52-48-44-40-36-33-29-26-23-20-21-24-27-30-34-38-42-46-50-54-58-69-63(68)57-53-49-45-41-37-31-16-14-12-10-8-6-4-2/h60-61,65-66H,3-59H2,1-2H3,(H,64,67). The molecule has 0 aromatic carbocycles. The van der Waals surface area contributed by atoms with Crippen LogP contribution >= 0.6 is 0 Å². The van der Waals surface area contributed by atoms with E-state index in [0.717, 1.165) is 38.5 Å². The topological polar surface area (TPSA) is 95.9 Å². The summed E-state index contributed by atoms with van der Waals surface area (Å²) in [7, 11) is 0. The highest BCUT2D eigenvalue weighted by Crippen LogP contribution is 2.19. The molecule has 3 N–H and O–H groups in total. The maximum Gasteiger partial charge on any atom is 0.305 e. The van der Waals surface area contributed by atoms with Gasteiger partial charge in [0.1, 0.15) is 0 Å². The van der Waals surface area contributed by atoms with Crippen molar-refractivity contribution in [2.75, 3.05) is 13.2 Å². The molecule has 69 heavy (non-hydrogen) atoms. The van der Waals surface area contributed by atoms with Crippen molar-refractivity contribution < 1.29 is 24.5 Å². The van der Waals surface area contributed by atoms with Gasteiger partial charge < -0.3 is 20.3 Å². The first-order valence-electron chi connectivity index (χ1n) is 31.8. The van der Waals surface area contributed by atoms with Gasteiger partial charge in [0.25, 0.3) is 0 Å². The minimum atomic E-state index is -0.665. The van der Waals surface area contributed by atoms with Gasteiger partial charge in [-0.05, 0) is 25.7 Å². The molecule has 6 nitrogen and oxygen atoms in total. The Morgan fingerprint density at radius 3 is 0.884 bits per heavy atom. The molecule has 0 bridgehead atoms. The summed E-state index contributed by atoms with van der Waals surface area (Å²) in [5.74, 6) is -0.0190. The Hall–Kier alpha value is -1.14. The lowest BCUT2D eigenvalue weighted by Gasteiger charge is -2.22. The van der Waals surface area contributed by atoms with Crippen LogP contribution < -0.4 is 5.32 Å². The number of unbranched alkanes of at least 4 members (excludes halogenated alkanes) is 49. The van der Waals surface area contributed by atoms with Crippen LogP contribution in [0.1, 0.15) is 367 Å². The lowest BCUT2D eigenvalue weighted by Crippen LogP contribution is -2.45. The molecular weight excluding hydrogens is 851 g/mol. The number of esters is 1. The lowest BCUT2D eigenvalue weighted by molar-refractivity contribution is -0.143. The van der Waals surface area contributed by atoms with E-state index in [4.69, 9.17) is 4.74 Å². The van der Waals surface area contributed by atoms with Gasteiger partial charge in [0.15, 0.2) is 0 Å². The number of carbonyl (C=O) groups is 2. The van der Waals surface area contributed by atoms with Crippen LogP contribution in [0.2, 0.25) is 0 Å². The third-order valence-electron chi connectivity index (χ3n) is 15.2. The van der Waals surface area contributed by atoms with Crippen LogP contribution in [0.25, 0.3) is 0 Å². The molecule has 0 aliphatic carbocycles. The van der Waals surface area contributed by atoms with Crippen LogP contribution in [0.4, 0.5) is 0 Å². The average Bonchev–Trinajstić information content (AvgIpc) is 3.35. The molecule has 0 heterocycles. The summed E-state index contributed by atoms with van der Waals surface area (Å²) in [6, 6.07) is -0.542. The molecule has 0 saturated heterocycles. The zero-order chi connectivity index (χ0) is 50.0. The van der Waals surface area contributed by atoms with Gasteiger partial charge >= 0.3 is 5.97 Å². The Kier molecular flexibility index (Phi) is 58.4. The van der Waals surface area contributed by atoms with Crippen molar-refractivity contribution in [1.82, 2.24) is 5.32 Å². The fourth-order valence-electron chi connectivity index (χ4n) is 10.3. The summed E-state index contributed by atoms with van der Waals surface area (Å²) >= 11 is 0. The second kappa shape index (κ2) is 59.4. The van der Waals surface area contributed by atoms with E-state index in [1.165, 1.54) is 295 Å². The van der Waals surface area contributed by atoms with Crippen LogP contribution in [0.5, 0.6) is 0 Å². The molecule has 0 rings (SSSR count). The van der Waals surface area contributed by atoms with Crippen molar-refractivity contribution in [1.29, 1.82) is 0 Å². The number of amides is 1. The first-order valence-corrected chi connectivity index (χ1v) is 31.8. The smallest absolute Gasteiger partial charge is 0.305 e. The quantitative estimate of drug-likeness (QED) is 0.0417. The van der Waals surface area contributed by atoms with Gasteiger partial charge in [0, 0.05) is 12.8 Å². The van der Waals surface area contributed by atoms with Crippen molar-refractivity contribution in [3.05, 3.63) is 0 Å². The Balaban J connectivity index is 3.38. The number of nitrogens with one attached hydrogen (secondary N) is 1. The molecule has 0 radical (unpaired) electrons. The molecule has 0 fully saturated rings. The van der Waals surface area contributed by atoms with Crippen LogP contribution in [0.3, 0.4) is 0 Å². The Morgan fingerprint density at radius 1 is 0.348 bits per heavy atom. The van der Waals surface area contributed by atoms with Crippen molar-refractivity contribution in [3.63, 3.8) is 0 Å². The van der Waals surface area contributed by atoms with Crippen LogP contribution in [0.15, 0.2) is 0 Å². The van der Waals surface area contributed by atoms with E-state index >= 15 is 0 Å². The molecule has 0 aromatic heterocycles. The van der Waals surface area contributed by atoms with Gasteiger partial charge in [-0.3, -0.25) is 9.59 Å². The molecule has 412 valence electrons. The second-order valence-electron chi connectivity index (χ2n) is 22.1. The average molecular weight is 977 g/mol. The summed E-state index contributed by atoms with van der Waals surface area (Å²) in [4.78, 5) is 24.6. The Labute approximate surface area is 432 Å². The number of ether oxygens (including phenoxy) is 1. The maximum absolute atomic E-state index is 12.5. The predicted octanol–water partition coefficient (Wildman–Crippen LogP) is 19.9. The third kappa shape index (κ3) is 56.0. The number of carbonyl (C=O) groups excluding carboxylic acids is 2. The highest BCUT2D eigenvalue weighted by atomic mass is 16.5. The number of hydrogen-bond donors (Lipinski definition) is 3. The largest absolute Gasteiger partial charge is 0.466 e. The Bertz CT molecular complexity index is 990. The van der Waals surface area contributed by atoms with E-state index in [2.05, 4.69) is 19.2 Å². The summed E-state index contributed by atoms with van der Waals surface area (Å²) < 4.78 is 5.48. The van der Waals surface area contributed by atoms with Crippen LogP contribution in [0, 0.1) is 0 Å². The van der Waals surface area contributed by atoms with Gasteiger partial charge in [-0.25, -0.2) is 0 Å². The molecule has 2 unspecified atom stereocenters. The summed E-state index contributed by atoms with van der Waals surface area (Å²) in [5.41, 5.74) is 0. The van der Waals surface area contributed by atoms with Crippen molar-refractivity contribution in [2.45, 2.75) is 379 Å². The summed E-state index contributed by atoms with van der Waals surface area (Å²) in [6.07, 6.45) is 69.7. The van der Waals surface area contributed by atoms with Gasteiger partial charge in [-0.2, -0.15) is 0 Å². The molecule has 0 saturated carbocycles. The van der Waals surface area contributed by atoms with Gasteiger partial charge in [-0.15, -0.1) is 0 Å². The number of aliphatic hydroxyl groups excluding tert-OH is 2. The van der Waals surface area contributed by atoms with Crippen molar-refractivity contribution >= 4 is 11.9 Å². The minimum absolute atomic E-state index is 0.0134. The van der Waals surface area contributed by atoms with Gasteiger partial charge in [0.2, 0.25) is 5.91 Å². The zero-order valence-corrected chi connectivity index (χ0v) is 47.1. The molecule has 0 aliphatic heterocycles. The molecule has 0 aliphatic rings. The van der Waals surface area contributed by atoms with E-state index in [0.29, 0.717) is 25.9 Å². The number of rotatable bonds is 60. The summed E-state index contributed by atoms with van der Waals surface area (Å²) in [5, 5.41) is 23.4. The first-order chi connectivity index (χ1) is 34.0. The second-order valence-corrected chi connectivity index (χ2v) is 22.1. The highest BCUT2D eigenvalue weighted by molar-refractivity contribution is 5.76. The van der Waals surface area contributed by atoms with E-state index in [9.17, 15) is 19.8 Å². The molecule has 6 heteroatoms. The SMILES string of the molecule is CCCCCCCCCCCCCCCCCCCCCC(O)C(CO)NC(=O)CCCCCCCCCCCCCCCCCCCCCCOC(=O)CCCCCCCCCCCCCCC. The first kappa shape index (κ1) is 67.9. The lowest BCUT2D eigenvalue weighted by atomic mass is 10.0. The molecule has 0 spiro atoms. The Morgan fingerprint density at radius 2 is 0.594 bits per heavy atom. The molecule has 0 aromatic rings. The normalized spacial score (nSPS) is 12.5. The van der Waals surface area contributed by atoms with E-state index in [-0.39, 0.29) is 18.5 Å². The van der Waals surface area contributed by atoms with Gasteiger partial charge in [0.05, 0.1) is 25.4 Å². The third-order valence-corrected chi connectivity index (χ3v) is 15.2. The minimum Gasteiger partial charge on any atom is -0.466 e. The van der Waals surface area contributed by atoms with Crippen molar-refractivity contribution in [2.24, 2.45) is 0 Å². The fourth-order valence-corrected chi connectivity index (χ4v) is 10.3. The van der Waals surface area contributed by atoms with Crippen molar-refractivity contribution in [3.8, 4) is 0 Å². The van der Waals surface area contributed by atoms with Crippen LogP contribution in [-0.4, -0.2) is 47.4 Å². The van der Waals surface area contributed by atoms with E-state index < -0.39 is 12.1 Å². The maximum atomic E-state index is 12.5. The predicted molar refractivity (Wildman–Crippen MR) is 301 cm³/mol. The zero-order valence-electron chi connectivity index (χ0n) is 47.1. The molecular formula is C63H125NO5. The van der Waals surface area contributed by atoms with E-state index in [1.54, 1.807) is 0 Å². The highest BCUT2D eigenvalue weighted by Gasteiger charge is 2.20. The number of aliphatic hydroxyl groups is 2. The summed E-state index contributed by atoms with van der Waals surface area (Å²) in [6.45, 7) is 4.99. The van der Waals surface area contributed by atoms with Crippen LogP contribution in [-0.2, 0) is 14.3 Å². The molecule has 2 atom stereocenters. The monoisotopic (exact) mass is 976 g/mol. The van der Waals surface area contributed by atoms with E-state index in [1.807, 2.05) is 0 Å².